The molecule has 68 valence electrons. The highest BCUT2D eigenvalue weighted by Crippen LogP contribution is 2.17. The van der Waals surface area contributed by atoms with E-state index in [9.17, 15) is 0 Å². The van der Waals surface area contributed by atoms with Crippen LogP contribution in [0.4, 0.5) is 0 Å². The lowest BCUT2D eigenvalue weighted by molar-refractivity contribution is -1.01. The van der Waals surface area contributed by atoms with Crippen LogP contribution in [0.2, 0.25) is 0 Å². The van der Waals surface area contributed by atoms with Crippen molar-refractivity contribution in [2.75, 3.05) is 34.2 Å². The van der Waals surface area contributed by atoms with E-state index in [4.69, 9.17) is 0 Å². The van der Waals surface area contributed by atoms with E-state index in [1.54, 1.807) is 0 Å². The predicted molar refractivity (Wildman–Crippen MR) is 49.5 cm³/mol. The van der Waals surface area contributed by atoms with E-state index in [1.807, 2.05) is 6.92 Å². The Morgan fingerprint density at radius 2 is 2.17 bits per heavy atom. The average molecular weight is 169 g/mol. The molecule has 0 aromatic heterocycles. The van der Waals surface area contributed by atoms with Gasteiger partial charge in [0.05, 0.1) is 27.6 Å². The van der Waals surface area contributed by atoms with Crippen molar-refractivity contribution >= 4 is 6.01 Å². The Hall–Kier alpha value is -0.660. The molecule has 0 N–H and O–H groups in total. The summed E-state index contributed by atoms with van der Waals surface area (Å²) in [5, 5.41) is 0. The third kappa shape index (κ3) is 1.93. The Morgan fingerprint density at radius 1 is 1.50 bits per heavy atom. The summed E-state index contributed by atoms with van der Waals surface area (Å²) in [6.45, 7) is 3.98. The maximum atomic E-state index is 4.12. The fourth-order valence-electron chi connectivity index (χ4n) is 1.46. The Labute approximate surface area is 74.6 Å². The molecule has 3 heteroatoms. The summed E-state index contributed by atoms with van der Waals surface area (Å²) in [5.74, 6) is 0. The summed E-state index contributed by atoms with van der Waals surface area (Å²) in [6, 6.07) is 3.07. The maximum Gasteiger partial charge on any atom is 0.311 e. The SMILES string of the molecule is CCN=C=[N+]1CCC1[N+](C)(C)C. The molecule has 1 fully saturated rings. The zero-order chi connectivity index (χ0) is 9.19. The van der Waals surface area contributed by atoms with E-state index in [-0.39, 0.29) is 0 Å². The lowest BCUT2D eigenvalue weighted by Crippen LogP contribution is -2.58. The summed E-state index contributed by atoms with van der Waals surface area (Å²) in [7, 11) is 6.64. The van der Waals surface area contributed by atoms with Crippen molar-refractivity contribution in [1.82, 2.24) is 0 Å². The van der Waals surface area contributed by atoms with Crippen LogP contribution in [-0.4, -0.2) is 55.5 Å². The van der Waals surface area contributed by atoms with Crippen LogP contribution in [0.25, 0.3) is 0 Å². The van der Waals surface area contributed by atoms with E-state index >= 15 is 0 Å². The van der Waals surface area contributed by atoms with Gasteiger partial charge in [0.1, 0.15) is 13.1 Å². The first-order valence-electron chi connectivity index (χ1n) is 4.55. The molecule has 1 unspecified atom stereocenters. The van der Waals surface area contributed by atoms with Gasteiger partial charge in [-0.25, -0.2) is 0 Å². The molecule has 1 aliphatic rings. The first-order valence-corrected chi connectivity index (χ1v) is 4.55. The highest BCUT2D eigenvalue weighted by molar-refractivity contribution is 5.34. The minimum absolute atomic E-state index is 0.584. The molecule has 1 saturated heterocycles. The quantitative estimate of drug-likeness (QED) is 0.327. The molecule has 1 atom stereocenters. The first kappa shape index (κ1) is 9.43. The fraction of sp³-hybridized carbons (Fsp3) is 0.889. The Morgan fingerprint density at radius 3 is 2.50 bits per heavy atom. The summed E-state index contributed by atoms with van der Waals surface area (Å²) in [6.07, 6.45) is 1.84. The second-order valence-electron chi connectivity index (χ2n) is 4.15. The molecule has 0 aromatic rings. The first-order chi connectivity index (χ1) is 5.55. The molecule has 0 radical (unpaired) electrons. The Balaban J connectivity index is 2.67. The van der Waals surface area contributed by atoms with Crippen LogP contribution in [-0.2, 0) is 0 Å². The minimum Gasteiger partial charge on any atom is -0.292 e. The van der Waals surface area contributed by atoms with Crippen LogP contribution < -0.4 is 0 Å². The van der Waals surface area contributed by atoms with Gasteiger partial charge in [0.25, 0.3) is 0 Å². The minimum atomic E-state index is 0.584. The van der Waals surface area contributed by atoms with Crippen molar-refractivity contribution in [3.8, 4) is 0 Å². The van der Waals surface area contributed by atoms with Crippen LogP contribution in [0.15, 0.2) is 4.99 Å². The molecule has 12 heavy (non-hydrogen) atoms. The van der Waals surface area contributed by atoms with E-state index in [0.29, 0.717) is 6.17 Å². The predicted octanol–water partition coefficient (Wildman–Crippen LogP) is 0.629. The molecular formula is C9H19N3+2. The highest BCUT2D eigenvalue weighted by atomic mass is 15.4. The molecule has 1 heterocycles. The molecule has 1 rings (SSSR count). The number of nitrogens with zero attached hydrogens (tertiary/aromatic N) is 3. The number of hydrogen-bond acceptors (Lipinski definition) is 1. The zero-order valence-corrected chi connectivity index (χ0v) is 8.54. The molecule has 0 amide bonds. The normalized spacial score (nSPS) is 23.0. The lowest BCUT2D eigenvalue weighted by atomic mass is 10.1. The molecule has 1 aliphatic heterocycles. The molecule has 0 aromatic carbocycles. The zero-order valence-electron chi connectivity index (χ0n) is 8.54. The van der Waals surface area contributed by atoms with Gasteiger partial charge in [-0.2, -0.15) is 4.58 Å². The largest absolute Gasteiger partial charge is 0.311 e. The van der Waals surface area contributed by atoms with E-state index in [2.05, 4.69) is 36.7 Å². The molecular weight excluding hydrogens is 150 g/mol. The third-order valence-corrected chi connectivity index (χ3v) is 2.24. The smallest absolute Gasteiger partial charge is 0.292 e. The van der Waals surface area contributed by atoms with Crippen LogP contribution in [0.3, 0.4) is 0 Å². The summed E-state index contributed by atoms with van der Waals surface area (Å²) >= 11 is 0. The summed E-state index contributed by atoms with van der Waals surface area (Å²) < 4.78 is 3.18. The topological polar surface area (TPSA) is 15.4 Å². The summed E-state index contributed by atoms with van der Waals surface area (Å²) in [5.41, 5.74) is 0. The number of quaternary nitrogens is 1. The van der Waals surface area contributed by atoms with Crippen LogP contribution in [0.5, 0.6) is 0 Å². The van der Waals surface area contributed by atoms with Gasteiger partial charge in [0.2, 0.25) is 6.17 Å². The van der Waals surface area contributed by atoms with Crippen molar-refractivity contribution in [3.63, 3.8) is 0 Å². The average Bonchev–Trinajstić information content (AvgIpc) is 1.82. The second kappa shape index (κ2) is 3.38. The number of rotatable bonds is 2. The van der Waals surface area contributed by atoms with Crippen molar-refractivity contribution < 1.29 is 9.06 Å². The van der Waals surface area contributed by atoms with Gasteiger partial charge < -0.3 is 0 Å². The standard InChI is InChI=1S/C9H19N3/c1-5-10-8-11-7-6-9(11)12(2,3)4/h9H,5-7H2,1-4H3/q+2. The van der Waals surface area contributed by atoms with Crippen molar-refractivity contribution in [1.29, 1.82) is 0 Å². The molecule has 3 nitrogen and oxygen atoms in total. The highest BCUT2D eigenvalue weighted by Gasteiger charge is 2.39. The van der Waals surface area contributed by atoms with Crippen molar-refractivity contribution in [3.05, 3.63) is 0 Å². The Kier molecular flexibility index (Phi) is 2.65. The van der Waals surface area contributed by atoms with E-state index in [1.165, 1.54) is 6.42 Å². The summed E-state index contributed by atoms with van der Waals surface area (Å²) in [4.78, 5) is 4.12. The van der Waals surface area contributed by atoms with E-state index < -0.39 is 0 Å². The van der Waals surface area contributed by atoms with Gasteiger partial charge in [-0.1, -0.05) is 0 Å². The molecule has 0 spiro atoms. The van der Waals surface area contributed by atoms with Gasteiger partial charge in [-0.3, -0.25) is 4.48 Å². The maximum absolute atomic E-state index is 4.12. The Bertz CT molecular complexity index is 218. The van der Waals surface area contributed by atoms with Gasteiger partial charge in [-0.15, -0.1) is 0 Å². The van der Waals surface area contributed by atoms with E-state index in [0.717, 1.165) is 17.6 Å². The van der Waals surface area contributed by atoms with Gasteiger partial charge in [0, 0.05) is 0 Å². The second-order valence-corrected chi connectivity index (χ2v) is 4.15. The lowest BCUT2D eigenvalue weighted by Gasteiger charge is -2.37. The third-order valence-electron chi connectivity index (χ3n) is 2.24. The number of aliphatic imine (C=N–C) groups is 1. The van der Waals surface area contributed by atoms with Crippen LogP contribution in [0, 0.1) is 0 Å². The monoisotopic (exact) mass is 169 g/mol. The molecule has 0 saturated carbocycles. The van der Waals surface area contributed by atoms with Gasteiger partial charge >= 0.3 is 6.01 Å². The van der Waals surface area contributed by atoms with Crippen LogP contribution >= 0.6 is 0 Å². The van der Waals surface area contributed by atoms with Crippen LogP contribution in [0.1, 0.15) is 13.3 Å². The van der Waals surface area contributed by atoms with Gasteiger partial charge in [0.15, 0.2) is 0 Å². The van der Waals surface area contributed by atoms with Crippen molar-refractivity contribution in [2.45, 2.75) is 19.5 Å². The molecule has 0 bridgehead atoms. The fourth-order valence-corrected chi connectivity index (χ4v) is 1.46. The number of hydrogen-bond donors (Lipinski definition) is 0. The van der Waals surface area contributed by atoms with Crippen molar-refractivity contribution in [2.24, 2.45) is 4.99 Å². The van der Waals surface area contributed by atoms with Gasteiger partial charge in [-0.05, 0) is 11.9 Å². The molecule has 0 aliphatic carbocycles.